The monoisotopic (exact) mass is 271 g/mol. The summed E-state index contributed by atoms with van der Waals surface area (Å²) in [5, 5.41) is 1.99. The highest BCUT2D eigenvalue weighted by Gasteiger charge is 2.28. The number of alkyl halides is 1. The number of hydrogen-bond donors (Lipinski definition) is 0. The van der Waals surface area contributed by atoms with Gasteiger partial charge in [-0.15, -0.1) is 22.9 Å². The van der Waals surface area contributed by atoms with Gasteiger partial charge in [-0.25, -0.2) is 0 Å². The number of thiophene rings is 1. The molecule has 2 heterocycles. The average molecular weight is 272 g/mol. The van der Waals surface area contributed by atoms with Gasteiger partial charge < -0.3 is 4.90 Å². The molecule has 1 fully saturated rings. The molecule has 2 rings (SSSR count). The van der Waals surface area contributed by atoms with Gasteiger partial charge in [0.15, 0.2) is 0 Å². The summed E-state index contributed by atoms with van der Waals surface area (Å²) < 4.78 is 0. The first-order valence-corrected chi connectivity index (χ1v) is 7.56. The summed E-state index contributed by atoms with van der Waals surface area (Å²) in [5.74, 6) is 0.838. The molecule has 0 aromatic carbocycles. The van der Waals surface area contributed by atoms with E-state index in [9.17, 15) is 4.79 Å². The van der Waals surface area contributed by atoms with E-state index in [4.69, 9.17) is 11.6 Å². The molecule has 1 aliphatic heterocycles. The molecule has 0 N–H and O–H groups in total. The molecular weight excluding hydrogens is 254 g/mol. The normalized spacial score (nSPS) is 20.6. The third-order valence-corrected chi connectivity index (χ3v) is 4.61. The minimum Gasteiger partial charge on any atom is -0.335 e. The van der Waals surface area contributed by atoms with Crippen LogP contribution >= 0.6 is 22.9 Å². The lowest BCUT2D eigenvalue weighted by atomic mass is 9.99. The van der Waals surface area contributed by atoms with E-state index in [1.54, 1.807) is 11.3 Å². The molecule has 94 valence electrons. The van der Waals surface area contributed by atoms with E-state index in [0.29, 0.717) is 11.9 Å². The van der Waals surface area contributed by atoms with Crippen LogP contribution in [-0.4, -0.2) is 29.3 Å². The molecule has 0 saturated carbocycles. The molecule has 17 heavy (non-hydrogen) atoms. The molecule has 1 aromatic rings. The SMILES string of the molecule is Cc1ccsc1C(=O)N1CCCCC1CCCl. The summed E-state index contributed by atoms with van der Waals surface area (Å²) in [5.41, 5.74) is 1.09. The number of hydrogen-bond acceptors (Lipinski definition) is 2. The Kier molecular flexibility index (Phi) is 4.46. The topological polar surface area (TPSA) is 20.3 Å². The van der Waals surface area contributed by atoms with Gasteiger partial charge >= 0.3 is 0 Å². The van der Waals surface area contributed by atoms with Crippen LogP contribution in [0.4, 0.5) is 0 Å². The second-order valence-corrected chi connectivity index (χ2v) is 5.85. The minimum atomic E-state index is 0.201. The summed E-state index contributed by atoms with van der Waals surface area (Å²) in [6, 6.07) is 2.36. The van der Waals surface area contributed by atoms with Crippen LogP contribution < -0.4 is 0 Å². The Balaban J connectivity index is 2.14. The predicted octanol–water partition coefficient (Wildman–Crippen LogP) is 3.68. The summed E-state index contributed by atoms with van der Waals surface area (Å²) in [7, 11) is 0. The Hall–Kier alpha value is -0.540. The maximum absolute atomic E-state index is 12.5. The lowest BCUT2D eigenvalue weighted by Gasteiger charge is -2.35. The van der Waals surface area contributed by atoms with Crippen molar-refractivity contribution in [2.24, 2.45) is 0 Å². The second-order valence-electron chi connectivity index (χ2n) is 4.56. The van der Waals surface area contributed by atoms with Crippen molar-refractivity contribution in [1.29, 1.82) is 0 Å². The summed E-state index contributed by atoms with van der Waals surface area (Å²) in [6.45, 7) is 2.89. The summed E-state index contributed by atoms with van der Waals surface area (Å²) >= 11 is 7.37. The van der Waals surface area contributed by atoms with Gasteiger partial charge in [-0.1, -0.05) is 0 Å². The highest BCUT2D eigenvalue weighted by atomic mass is 35.5. The summed E-state index contributed by atoms with van der Waals surface area (Å²) in [4.78, 5) is 15.4. The van der Waals surface area contributed by atoms with Crippen molar-refractivity contribution in [2.45, 2.75) is 38.6 Å². The van der Waals surface area contributed by atoms with Crippen LogP contribution in [0.25, 0.3) is 0 Å². The number of aryl methyl sites for hydroxylation is 1. The Labute approximate surface area is 112 Å². The number of amides is 1. The van der Waals surface area contributed by atoms with E-state index >= 15 is 0 Å². The number of halogens is 1. The molecule has 1 saturated heterocycles. The zero-order valence-electron chi connectivity index (χ0n) is 10.1. The maximum atomic E-state index is 12.5. The number of carbonyl (C=O) groups excluding carboxylic acids is 1. The van der Waals surface area contributed by atoms with Gasteiger partial charge in [-0.2, -0.15) is 0 Å². The van der Waals surface area contributed by atoms with Crippen molar-refractivity contribution in [3.05, 3.63) is 21.9 Å². The number of nitrogens with zero attached hydrogens (tertiary/aromatic N) is 1. The van der Waals surface area contributed by atoms with Gasteiger partial charge in [0.2, 0.25) is 0 Å². The number of rotatable bonds is 3. The fraction of sp³-hybridized carbons (Fsp3) is 0.615. The molecule has 1 unspecified atom stereocenters. The zero-order valence-corrected chi connectivity index (χ0v) is 11.7. The smallest absolute Gasteiger partial charge is 0.264 e. The van der Waals surface area contributed by atoms with Gasteiger partial charge in [-0.05, 0) is 49.6 Å². The first-order chi connectivity index (χ1) is 8.24. The van der Waals surface area contributed by atoms with Crippen LogP contribution in [0.15, 0.2) is 11.4 Å². The van der Waals surface area contributed by atoms with Crippen LogP contribution in [0.3, 0.4) is 0 Å². The number of likely N-dealkylation sites (tertiary alicyclic amines) is 1. The van der Waals surface area contributed by atoms with Crippen LogP contribution in [0, 0.1) is 6.92 Å². The molecule has 1 aromatic heterocycles. The molecule has 4 heteroatoms. The lowest BCUT2D eigenvalue weighted by Crippen LogP contribution is -2.43. The van der Waals surface area contributed by atoms with E-state index in [2.05, 4.69) is 0 Å². The standard InChI is InChI=1S/C13H18ClNOS/c1-10-6-9-17-12(10)13(16)15-8-3-2-4-11(15)5-7-14/h6,9,11H,2-5,7-8H2,1H3. The van der Waals surface area contributed by atoms with Gasteiger partial charge in [0.25, 0.3) is 5.91 Å². The van der Waals surface area contributed by atoms with Crippen molar-refractivity contribution in [1.82, 2.24) is 4.90 Å². The van der Waals surface area contributed by atoms with Crippen LogP contribution in [0.5, 0.6) is 0 Å². The number of piperidine rings is 1. The van der Waals surface area contributed by atoms with Gasteiger partial charge in [0.1, 0.15) is 0 Å². The molecule has 0 aliphatic carbocycles. The van der Waals surface area contributed by atoms with Crippen molar-refractivity contribution in [2.75, 3.05) is 12.4 Å². The molecule has 1 aliphatic rings. The molecular formula is C13H18ClNOS. The highest BCUT2D eigenvalue weighted by Crippen LogP contribution is 2.25. The third kappa shape index (κ3) is 2.83. The third-order valence-electron chi connectivity index (χ3n) is 3.39. The van der Waals surface area contributed by atoms with Crippen LogP contribution in [0.2, 0.25) is 0 Å². The highest BCUT2D eigenvalue weighted by molar-refractivity contribution is 7.12. The van der Waals surface area contributed by atoms with Gasteiger partial charge in [0, 0.05) is 18.5 Å². The Morgan fingerprint density at radius 2 is 2.41 bits per heavy atom. The molecule has 0 bridgehead atoms. The number of carbonyl (C=O) groups is 1. The van der Waals surface area contributed by atoms with E-state index in [-0.39, 0.29) is 5.91 Å². The predicted molar refractivity (Wildman–Crippen MR) is 73.1 cm³/mol. The molecule has 1 amide bonds. The Morgan fingerprint density at radius 3 is 3.06 bits per heavy atom. The van der Waals surface area contributed by atoms with E-state index in [1.165, 1.54) is 6.42 Å². The van der Waals surface area contributed by atoms with E-state index in [0.717, 1.165) is 36.2 Å². The minimum absolute atomic E-state index is 0.201. The van der Waals surface area contributed by atoms with E-state index < -0.39 is 0 Å². The molecule has 0 radical (unpaired) electrons. The Morgan fingerprint density at radius 1 is 1.59 bits per heavy atom. The quantitative estimate of drug-likeness (QED) is 0.768. The van der Waals surface area contributed by atoms with Crippen molar-refractivity contribution < 1.29 is 4.79 Å². The van der Waals surface area contributed by atoms with Gasteiger partial charge in [-0.3, -0.25) is 4.79 Å². The molecule has 2 nitrogen and oxygen atoms in total. The second kappa shape index (κ2) is 5.87. The van der Waals surface area contributed by atoms with Crippen LogP contribution in [-0.2, 0) is 0 Å². The first-order valence-electron chi connectivity index (χ1n) is 6.15. The van der Waals surface area contributed by atoms with Crippen molar-refractivity contribution in [3.8, 4) is 0 Å². The summed E-state index contributed by atoms with van der Waals surface area (Å²) in [6.07, 6.45) is 4.35. The first kappa shape index (κ1) is 12.9. The molecule has 1 atom stereocenters. The Bertz CT molecular complexity index is 389. The van der Waals surface area contributed by atoms with Crippen molar-refractivity contribution >= 4 is 28.8 Å². The maximum Gasteiger partial charge on any atom is 0.264 e. The lowest BCUT2D eigenvalue weighted by molar-refractivity contribution is 0.0613. The average Bonchev–Trinajstić information content (AvgIpc) is 2.76. The van der Waals surface area contributed by atoms with Crippen LogP contribution in [0.1, 0.15) is 40.9 Å². The van der Waals surface area contributed by atoms with E-state index in [1.807, 2.05) is 23.3 Å². The van der Waals surface area contributed by atoms with Gasteiger partial charge in [0.05, 0.1) is 4.88 Å². The fourth-order valence-electron chi connectivity index (χ4n) is 2.42. The zero-order chi connectivity index (χ0) is 12.3. The molecule has 0 spiro atoms. The fourth-order valence-corrected chi connectivity index (χ4v) is 3.55. The van der Waals surface area contributed by atoms with Crippen molar-refractivity contribution in [3.63, 3.8) is 0 Å². The largest absolute Gasteiger partial charge is 0.335 e.